The number of rotatable bonds is 6. The highest BCUT2D eigenvalue weighted by Gasteiger charge is 2.24. The highest BCUT2D eigenvalue weighted by atomic mass is 79.9. The van der Waals surface area contributed by atoms with Crippen molar-refractivity contribution in [2.75, 3.05) is 13.7 Å². The van der Waals surface area contributed by atoms with Crippen molar-refractivity contribution >= 4 is 27.8 Å². The van der Waals surface area contributed by atoms with Crippen molar-refractivity contribution < 1.29 is 19.4 Å². The number of carbonyl (C=O) groups excluding carboxylic acids is 1. The van der Waals surface area contributed by atoms with Crippen LogP contribution in [0.4, 0.5) is 0 Å². The first-order valence-electron chi connectivity index (χ1n) is 5.82. The van der Waals surface area contributed by atoms with Gasteiger partial charge in [0.05, 0.1) is 0 Å². The van der Waals surface area contributed by atoms with E-state index in [1.807, 2.05) is 6.07 Å². The Hall–Kier alpha value is -1.56. The van der Waals surface area contributed by atoms with E-state index in [2.05, 4.69) is 15.9 Å². The van der Waals surface area contributed by atoms with Gasteiger partial charge in [-0.25, -0.2) is 4.79 Å². The Labute approximate surface area is 120 Å². The van der Waals surface area contributed by atoms with Gasteiger partial charge in [-0.15, -0.1) is 0 Å². The molecule has 104 valence electrons. The standard InChI is InChI=1S/C13H16BrNO4/c1-3-11(13(17)18)15(2)12(16)8-19-10-6-4-5-9(14)7-10/h4-7,11H,3,8H2,1-2H3,(H,17,18). The van der Waals surface area contributed by atoms with Gasteiger partial charge in [0.15, 0.2) is 6.61 Å². The lowest BCUT2D eigenvalue weighted by Crippen LogP contribution is -2.44. The molecular weight excluding hydrogens is 314 g/mol. The molecule has 1 N–H and O–H groups in total. The third-order valence-electron chi connectivity index (χ3n) is 2.69. The minimum absolute atomic E-state index is 0.184. The van der Waals surface area contributed by atoms with Crippen LogP contribution in [-0.4, -0.2) is 41.6 Å². The zero-order chi connectivity index (χ0) is 14.4. The molecule has 1 aromatic rings. The average molecular weight is 330 g/mol. The number of carboxylic acids is 1. The molecule has 1 amide bonds. The summed E-state index contributed by atoms with van der Waals surface area (Å²) in [6.07, 6.45) is 0.356. The van der Waals surface area contributed by atoms with Gasteiger partial charge in [0.1, 0.15) is 11.8 Å². The molecule has 0 saturated carbocycles. The largest absolute Gasteiger partial charge is 0.484 e. The second-order valence-electron chi connectivity index (χ2n) is 4.01. The van der Waals surface area contributed by atoms with Crippen LogP contribution >= 0.6 is 15.9 Å². The van der Waals surface area contributed by atoms with Crippen molar-refractivity contribution in [3.63, 3.8) is 0 Å². The van der Waals surface area contributed by atoms with Crippen LogP contribution in [0.3, 0.4) is 0 Å². The summed E-state index contributed by atoms with van der Waals surface area (Å²) in [6, 6.07) is 6.28. The van der Waals surface area contributed by atoms with Crippen molar-refractivity contribution in [3.05, 3.63) is 28.7 Å². The molecule has 1 aromatic carbocycles. The summed E-state index contributed by atoms with van der Waals surface area (Å²) >= 11 is 3.30. The lowest BCUT2D eigenvalue weighted by Gasteiger charge is -2.23. The normalized spacial score (nSPS) is 11.7. The number of hydrogen-bond donors (Lipinski definition) is 1. The predicted molar refractivity (Wildman–Crippen MR) is 74.1 cm³/mol. The van der Waals surface area contributed by atoms with Crippen molar-refractivity contribution in [1.82, 2.24) is 4.90 Å². The third kappa shape index (κ3) is 4.55. The number of ether oxygens (including phenoxy) is 1. The van der Waals surface area contributed by atoms with Crippen LogP contribution in [0.15, 0.2) is 28.7 Å². The number of carbonyl (C=O) groups is 2. The highest BCUT2D eigenvalue weighted by molar-refractivity contribution is 9.10. The van der Waals surface area contributed by atoms with Crippen LogP contribution in [-0.2, 0) is 9.59 Å². The van der Waals surface area contributed by atoms with E-state index in [4.69, 9.17) is 9.84 Å². The Kier molecular flexibility index (Phi) is 5.82. The zero-order valence-corrected chi connectivity index (χ0v) is 12.4. The minimum atomic E-state index is -1.01. The summed E-state index contributed by atoms with van der Waals surface area (Å²) in [5.41, 5.74) is 0. The summed E-state index contributed by atoms with van der Waals surface area (Å²) in [5.74, 6) is -0.825. The highest BCUT2D eigenvalue weighted by Crippen LogP contribution is 2.17. The number of halogens is 1. The Balaban J connectivity index is 2.57. The molecule has 0 aliphatic heterocycles. The fourth-order valence-corrected chi connectivity index (χ4v) is 1.97. The van der Waals surface area contributed by atoms with E-state index < -0.39 is 12.0 Å². The Morgan fingerprint density at radius 3 is 2.68 bits per heavy atom. The van der Waals surface area contributed by atoms with Gasteiger partial charge in [0.25, 0.3) is 5.91 Å². The summed E-state index contributed by atoms with van der Waals surface area (Å²) < 4.78 is 6.18. The molecule has 0 aliphatic rings. The second-order valence-corrected chi connectivity index (χ2v) is 4.93. The Morgan fingerprint density at radius 2 is 2.16 bits per heavy atom. The molecule has 5 nitrogen and oxygen atoms in total. The number of hydrogen-bond acceptors (Lipinski definition) is 3. The van der Waals surface area contributed by atoms with Gasteiger partial charge in [-0.05, 0) is 24.6 Å². The van der Waals surface area contributed by atoms with Crippen molar-refractivity contribution in [3.8, 4) is 5.75 Å². The van der Waals surface area contributed by atoms with E-state index in [0.29, 0.717) is 12.2 Å². The first kappa shape index (κ1) is 15.5. The molecule has 0 aliphatic carbocycles. The number of amides is 1. The lowest BCUT2D eigenvalue weighted by atomic mass is 10.2. The van der Waals surface area contributed by atoms with E-state index in [0.717, 1.165) is 4.47 Å². The van der Waals surface area contributed by atoms with E-state index >= 15 is 0 Å². The second kappa shape index (κ2) is 7.13. The van der Waals surface area contributed by atoms with Crippen molar-refractivity contribution in [1.29, 1.82) is 0 Å². The lowest BCUT2D eigenvalue weighted by molar-refractivity contribution is -0.149. The smallest absolute Gasteiger partial charge is 0.326 e. The maximum absolute atomic E-state index is 11.8. The van der Waals surface area contributed by atoms with Crippen molar-refractivity contribution in [2.45, 2.75) is 19.4 Å². The van der Waals surface area contributed by atoms with Crippen LogP contribution in [0.25, 0.3) is 0 Å². The van der Waals surface area contributed by atoms with Crippen LogP contribution in [0.5, 0.6) is 5.75 Å². The monoisotopic (exact) mass is 329 g/mol. The van der Waals surface area contributed by atoms with Gasteiger partial charge >= 0.3 is 5.97 Å². The number of aliphatic carboxylic acids is 1. The molecule has 0 bridgehead atoms. The fourth-order valence-electron chi connectivity index (χ4n) is 1.59. The van der Waals surface area contributed by atoms with Gasteiger partial charge in [0.2, 0.25) is 0 Å². The molecule has 0 fully saturated rings. The molecule has 1 rings (SSSR count). The molecule has 0 aromatic heterocycles. The van der Waals surface area contributed by atoms with E-state index in [9.17, 15) is 9.59 Å². The maximum Gasteiger partial charge on any atom is 0.326 e. The summed E-state index contributed by atoms with van der Waals surface area (Å²) in [5, 5.41) is 8.97. The minimum Gasteiger partial charge on any atom is -0.484 e. The number of carboxylic acid groups (broad SMARTS) is 1. The summed E-state index contributed by atoms with van der Waals surface area (Å²) in [4.78, 5) is 24.0. The average Bonchev–Trinajstić information content (AvgIpc) is 2.36. The van der Waals surface area contributed by atoms with Gasteiger partial charge in [-0.3, -0.25) is 4.79 Å². The first-order valence-corrected chi connectivity index (χ1v) is 6.61. The molecule has 0 saturated heterocycles. The first-order chi connectivity index (χ1) is 8.95. The van der Waals surface area contributed by atoms with Gasteiger partial charge < -0.3 is 14.7 Å². The quantitative estimate of drug-likeness (QED) is 0.868. The number of likely N-dealkylation sites (N-methyl/N-ethyl adjacent to an activating group) is 1. The Bertz CT molecular complexity index is 464. The SMILES string of the molecule is CCC(C(=O)O)N(C)C(=O)COc1cccc(Br)c1. The molecule has 6 heteroatoms. The topological polar surface area (TPSA) is 66.8 Å². The summed E-state index contributed by atoms with van der Waals surface area (Å²) in [6.45, 7) is 1.54. The molecule has 1 unspecified atom stereocenters. The van der Waals surface area contributed by atoms with Crippen LogP contribution in [0, 0.1) is 0 Å². The molecule has 19 heavy (non-hydrogen) atoms. The predicted octanol–water partition coefficient (Wildman–Crippen LogP) is 2.15. The molecular formula is C13H16BrNO4. The van der Waals surface area contributed by atoms with Gasteiger partial charge in [-0.1, -0.05) is 28.9 Å². The van der Waals surface area contributed by atoms with E-state index in [1.165, 1.54) is 11.9 Å². The summed E-state index contributed by atoms with van der Waals surface area (Å²) in [7, 11) is 1.47. The maximum atomic E-state index is 11.8. The zero-order valence-electron chi connectivity index (χ0n) is 10.8. The molecule has 0 heterocycles. The Morgan fingerprint density at radius 1 is 1.47 bits per heavy atom. The number of nitrogens with zero attached hydrogens (tertiary/aromatic N) is 1. The van der Waals surface area contributed by atoms with Crippen LogP contribution in [0.1, 0.15) is 13.3 Å². The fraction of sp³-hybridized carbons (Fsp3) is 0.385. The third-order valence-corrected chi connectivity index (χ3v) is 3.18. The molecule has 0 radical (unpaired) electrons. The molecule has 0 spiro atoms. The van der Waals surface area contributed by atoms with Crippen molar-refractivity contribution in [2.24, 2.45) is 0 Å². The van der Waals surface area contributed by atoms with Gasteiger partial charge in [0, 0.05) is 11.5 Å². The van der Waals surface area contributed by atoms with Crippen LogP contribution in [0.2, 0.25) is 0 Å². The molecule has 1 atom stereocenters. The number of benzene rings is 1. The van der Waals surface area contributed by atoms with Gasteiger partial charge in [-0.2, -0.15) is 0 Å². The van der Waals surface area contributed by atoms with E-state index in [-0.39, 0.29) is 12.5 Å². The van der Waals surface area contributed by atoms with E-state index in [1.54, 1.807) is 25.1 Å². The van der Waals surface area contributed by atoms with Crippen LogP contribution < -0.4 is 4.74 Å².